The molecule has 4 amide bonds. The minimum atomic E-state index is -1.48. The molecule has 4 atom stereocenters. The molecule has 0 bridgehead atoms. The van der Waals surface area contributed by atoms with E-state index in [1.807, 2.05) is 0 Å². The lowest BCUT2D eigenvalue weighted by Crippen LogP contribution is -2.59. The number of carbonyl (C=O) groups excluding carboxylic acids is 4. The molecule has 2 saturated carbocycles. The highest BCUT2D eigenvalue weighted by Gasteiger charge is 2.52. The first-order valence-corrected chi connectivity index (χ1v) is 12.5. The van der Waals surface area contributed by atoms with Crippen LogP contribution in [0, 0.1) is 11.3 Å². The van der Waals surface area contributed by atoms with Gasteiger partial charge in [-0.05, 0) is 77.6 Å². The number of aliphatic hydroxyl groups excluding tert-OH is 1. The summed E-state index contributed by atoms with van der Waals surface area (Å²) in [5.41, 5.74) is -0.619. The minimum absolute atomic E-state index is 0.0593. The predicted molar refractivity (Wildman–Crippen MR) is 122 cm³/mol. The number of hydrogen-bond donors (Lipinski definition) is 4. The van der Waals surface area contributed by atoms with E-state index in [9.17, 15) is 24.3 Å². The normalized spacial score (nSPS) is 27.5. The van der Waals surface area contributed by atoms with Crippen LogP contribution in [0.25, 0.3) is 0 Å². The van der Waals surface area contributed by atoms with Crippen LogP contribution in [0.2, 0.25) is 0 Å². The van der Waals surface area contributed by atoms with Gasteiger partial charge in [0, 0.05) is 25.0 Å². The smallest absolute Gasteiger partial charge is 0.410 e. The molecule has 2 saturated heterocycles. The number of likely N-dealkylation sites (tertiary alicyclic amines) is 1. The number of aliphatic hydroxyl groups is 1. The fraction of sp³-hybridized carbons (Fsp3) is 0.833. The minimum Gasteiger partial charge on any atom is -0.444 e. The van der Waals surface area contributed by atoms with Crippen molar-refractivity contribution in [3.8, 4) is 0 Å². The number of piperidine rings is 1. The van der Waals surface area contributed by atoms with Gasteiger partial charge in [0.05, 0.1) is 6.04 Å². The molecule has 34 heavy (non-hydrogen) atoms. The van der Waals surface area contributed by atoms with Crippen molar-refractivity contribution in [2.75, 3.05) is 13.1 Å². The van der Waals surface area contributed by atoms with Gasteiger partial charge in [-0.3, -0.25) is 19.3 Å². The zero-order valence-corrected chi connectivity index (χ0v) is 20.4. The molecule has 4 fully saturated rings. The fourth-order valence-electron chi connectivity index (χ4n) is 4.96. The topological polar surface area (TPSA) is 137 Å². The zero-order chi connectivity index (χ0) is 24.7. The van der Waals surface area contributed by atoms with Crippen molar-refractivity contribution in [2.45, 2.75) is 102 Å². The summed E-state index contributed by atoms with van der Waals surface area (Å²) in [5, 5.41) is 19.2. The van der Waals surface area contributed by atoms with E-state index < -0.39 is 47.6 Å². The highest BCUT2D eigenvalue weighted by Crippen LogP contribution is 2.55. The number of hydrogen-bond acceptors (Lipinski definition) is 6. The van der Waals surface area contributed by atoms with Crippen molar-refractivity contribution >= 4 is 23.8 Å². The Morgan fingerprint density at radius 2 is 1.91 bits per heavy atom. The Morgan fingerprint density at radius 1 is 1.21 bits per heavy atom. The van der Waals surface area contributed by atoms with Gasteiger partial charge in [-0.2, -0.15) is 0 Å². The average molecular weight is 479 g/mol. The zero-order valence-electron chi connectivity index (χ0n) is 20.4. The molecule has 4 N–H and O–H groups in total. The number of nitrogens with zero attached hydrogens (tertiary/aromatic N) is 1. The third kappa shape index (κ3) is 6.00. The quantitative estimate of drug-likeness (QED) is 0.428. The standard InChI is InChI=1S/C24H38N4O6/c1-23(2,3)34-22(33)28-11-9-24(7-8-24)13-17(28)20(31)27-16(12-14-6-10-25-19(14)30)18(29)21(32)26-15-4-5-15/h14-18,29H,4-13H2,1-3H3,(H,25,30)(H,26,32)(H,27,31)/t14-,16-,17-,18?/m0/s1. The monoisotopic (exact) mass is 478 g/mol. The number of rotatable bonds is 7. The molecule has 2 aliphatic heterocycles. The van der Waals surface area contributed by atoms with Gasteiger partial charge in [0.2, 0.25) is 11.8 Å². The van der Waals surface area contributed by atoms with E-state index >= 15 is 0 Å². The van der Waals surface area contributed by atoms with Crippen molar-refractivity contribution in [1.82, 2.24) is 20.9 Å². The molecule has 4 rings (SSSR count). The largest absolute Gasteiger partial charge is 0.444 e. The summed E-state index contributed by atoms with van der Waals surface area (Å²) < 4.78 is 5.55. The Bertz CT molecular complexity index is 832. The van der Waals surface area contributed by atoms with Crippen LogP contribution < -0.4 is 16.0 Å². The van der Waals surface area contributed by atoms with E-state index in [0.29, 0.717) is 25.9 Å². The van der Waals surface area contributed by atoms with Gasteiger partial charge >= 0.3 is 6.09 Å². The maximum Gasteiger partial charge on any atom is 0.410 e. The van der Waals surface area contributed by atoms with Crippen LogP contribution in [-0.2, 0) is 19.1 Å². The lowest BCUT2D eigenvalue weighted by atomic mass is 9.87. The molecule has 10 nitrogen and oxygen atoms in total. The first kappa shape index (κ1) is 24.8. The average Bonchev–Trinajstić information content (AvgIpc) is 3.68. The molecule has 0 aromatic carbocycles. The highest BCUT2D eigenvalue weighted by molar-refractivity contribution is 5.88. The number of amides is 4. The van der Waals surface area contributed by atoms with E-state index in [0.717, 1.165) is 32.1 Å². The predicted octanol–water partition coefficient (Wildman–Crippen LogP) is 0.817. The van der Waals surface area contributed by atoms with Crippen molar-refractivity contribution in [1.29, 1.82) is 0 Å². The lowest BCUT2D eigenvalue weighted by molar-refractivity contribution is -0.136. The molecule has 2 aliphatic carbocycles. The van der Waals surface area contributed by atoms with E-state index in [4.69, 9.17) is 4.74 Å². The molecule has 1 unspecified atom stereocenters. The second-order valence-corrected chi connectivity index (χ2v) is 11.5. The summed E-state index contributed by atoms with van der Waals surface area (Å²) >= 11 is 0. The highest BCUT2D eigenvalue weighted by atomic mass is 16.6. The second-order valence-electron chi connectivity index (χ2n) is 11.5. The summed E-state index contributed by atoms with van der Waals surface area (Å²) in [6, 6.07) is -1.62. The number of ether oxygens (including phenoxy) is 1. The van der Waals surface area contributed by atoms with Crippen LogP contribution in [0.1, 0.15) is 72.1 Å². The lowest BCUT2D eigenvalue weighted by Gasteiger charge is -2.40. The molecule has 10 heteroatoms. The van der Waals surface area contributed by atoms with Gasteiger partial charge in [-0.15, -0.1) is 0 Å². The van der Waals surface area contributed by atoms with Crippen molar-refractivity contribution in [3.05, 3.63) is 0 Å². The van der Waals surface area contributed by atoms with Crippen LogP contribution in [0.5, 0.6) is 0 Å². The summed E-state index contributed by atoms with van der Waals surface area (Å²) in [7, 11) is 0. The SMILES string of the molecule is CC(C)(C)OC(=O)N1CCC2(CC2)C[C@H]1C(=O)N[C@@H](C[C@@H]1CCNC1=O)C(O)C(=O)NC1CC1. The van der Waals surface area contributed by atoms with Gasteiger partial charge < -0.3 is 25.8 Å². The molecular weight excluding hydrogens is 440 g/mol. The molecule has 2 heterocycles. The van der Waals surface area contributed by atoms with Crippen LogP contribution in [-0.4, -0.2) is 76.7 Å². The summed E-state index contributed by atoms with van der Waals surface area (Å²) in [4.78, 5) is 52.6. The van der Waals surface area contributed by atoms with Gasteiger partial charge in [0.1, 0.15) is 11.6 Å². The van der Waals surface area contributed by atoms with Crippen molar-refractivity contribution in [3.63, 3.8) is 0 Å². The summed E-state index contributed by atoms with van der Waals surface area (Å²) in [6.45, 7) is 6.30. The molecule has 190 valence electrons. The first-order chi connectivity index (χ1) is 16.0. The van der Waals surface area contributed by atoms with E-state index in [2.05, 4.69) is 16.0 Å². The Kier molecular flexibility index (Phi) is 6.81. The van der Waals surface area contributed by atoms with Crippen LogP contribution in [0.4, 0.5) is 4.79 Å². The Balaban J connectivity index is 1.49. The summed E-state index contributed by atoms with van der Waals surface area (Å²) in [5.74, 6) is -1.49. The second kappa shape index (κ2) is 9.36. The molecule has 1 spiro atoms. The van der Waals surface area contributed by atoms with Gasteiger partial charge in [0.15, 0.2) is 6.10 Å². The van der Waals surface area contributed by atoms with Gasteiger partial charge in [0.25, 0.3) is 5.91 Å². The molecule has 4 aliphatic rings. The summed E-state index contributed by atoms with van der Waals surface area (Å²) in [6.07, 6.45) is 3.86. The van der Waals surface area contributed by atoms with Gasteiger partial charge in [-0.1, -0.05) is 0 Å². The molecule has 0 aromatic rings. The number of carbonyl (C=O) groups is 4. The number of nitrogens with one attached hydrogen (secondary N) is 3. The molecule has 0 radical (unpaired) electrons. The van der Waals surface area contributed by atoms with E-state index in [1.54, 1.807) is 20.8 Å². The van der Waals surface area contributed by atoms with E-state index in [1.165, 1.54) is 4.90 Å². The Morgan fingerprint density at radius 3 is 2.47 bits per heavy atom. The van der Waals surface area contributed by atoms with Gasteiger partial charge in [-0.25, -0.2) is 4.79 Å². The third-order valence-electron chi connectivity index (χ3n) is 7.38. The third-order valence-corrected chi connectivity index (χ3v) is 7.38. The fourth-order valence-corrected chi connectivity index (χ4v) is 4.96. The van der Waals surface area contributed by atoms with Crippen LogP contribution in [0.15, 0.2) is 0 Å². The van der Waals surface area contributed by atoms with Crippen molar-refractivity contribution in [2.24, 2.45) is 11.3 Å². The Hall–Kier alpha value is -2.36. The van der Waals surface area contributed by atoms with E-state index in [-0.39, 0.29) is 23.8 Å². The Labute approximate surface area is 200 Å². The first-order valence-electron chi connectivity index (χ1n) is 12.5. The van der Waals surface area contributed by atoms with Crippen LogP contribution in [0.3, 0.4) is 0 Å². The van der Waals surface area contributed by atoms with Crippen molar-refractivity contribution < 1.29 is 29.0 Å². The molecular formula is C24H38N4O6. The maximum atomic E-state index is 13.5. The van der Waals surface area contributed by atoms with Crippen LogP contribution >= 0.6 is 0 Å². The maximum absolute atomic E-state index is 13.5. The molecule has 0 aromatic heterocycles.